The molecule has 1 aliphatic rings. The third-order valence-corrected chi connectivity index (χ3v) is 6.19. The van der Waals surface area contributed by atoms with Crippen LogP contribution in [0.4, 0.5) is 13.6 Å². The summed E-state index contributed by atoms with van der Waals surface area (Å²) in [4.78, 5) is 13.0. The first-order chi connectivity index (χ1) is 16.1. The highest BCUT2D eigenvalue weighted by Gasteiger charge is 2.47. The molecule has 0 saturated carbocycles. The van der Waals surface area contributed by atoms with E-state index >= 15 is 0 Å². The molecule has 2 atom stereocenters. The highest BCUT2D eigenvalue weighted by atomic mass is 32.2. The molecule has 1 heterocycles. The Morgan fingerprint density at radius 1 is 1.14 bits per heavy atom. The lowest BCUT2D eigenvalue weighted by Crippen LogP contribution is -2.59. The first-order valence-corrected chi connectivity index (χ1v) is 12.7. The van der Waals surface area contributed by atoms with E-state index in [0.717, 1.165) is 16.0 Å². The lowest BCUT2D eigenvalue weighted by Gasteiger charge is -2.40. The highest BCUT2D eigenvalue weighted by Crippen LogP contribution is 2.30. The summed E-state index contributed by atoms with van der Waals surface area (Å²) in [5.74, 6) is -3.00. The first-order valence-electron chi connectivity index (χ1n) is 11.3. The zero-order valence-corrected chi connectivity index (χ0v) is 21.5. The molecule has 0 aromatic heterocycles. The molecule has 194 valence electrons. The number of alkyl halides is 2. The van der Waals surface area contributed by atoms with Gasteiger partial charge in [-0.1, -0.05) is 48.0 Å². The molecule has 1 unspecified atom stereocenters. The number of hydrogen-bond donors (Lipinski definition) is 2. The van der Waals surface area contributed by atoms with E-state index in [1.165, 1.54) is 12.1 Å². The van der Waals surface area contributed by atoms with Gasteiger partial charge in [-0.3, -0.25) is 4.55 Å². The maximum absolute atomic E-state index is 14.5. The van der Waals surface area contributed by atoms with Gasteiger partial charge in [-0.05, 0) is 58.7 Å². The van der Waals surface area contributed by atoms with Gasteiger partial charge < -0.3 is 15.0 Å². The van der Waals surface area contributed by atoms with E-state index in [2.05, 4.69) is 5.32 Å². The van der Waals surface area contributed by atoms with Crippen LogP contribution in [0.25, 0.3) is 0 Å². The number of piperidine rings is 1. The standard InChI is InChI=1S/C18H26F2N2O2.C7H8O3S/c1-13(14-8-6-5-7-9-14)21-15-10-11-22(12-18(15,19)20)16(23)24-17(2,3)4;1-6-2-4-7(5-3-6)11(8,9)10/h5-9,13,15,21H,10-12H2,1-4H3;2-5H,1H3,(H,8,9,10)/t13-,15?;/m1./s1. The van der Waals surface area contributed by atoms with Crippen molar-refractivity contribution < 1.29 is 31.3 Å². The number of likely N-dealkylation sites (tertiary alicyclic amines) is 1. The average molecular weight is 513 g/mol. The largest absolute Gasteiger partial charge is 0.444 e. The minimum atomic E-state index is -4.02. The number of carbonyl (C=O) groups is 1. The molecule has 3 rings (SSSR count). The quantitative estimate of drug-likeness (QED) is 0.545. The number of nitrogens with one attached hydrogen (secondary N) is 1. The maximum Gasteiger partial charge on any atom is 0.410 e. The van der Waals surface area contributed by atoms with E-state index in [9.17, 15) is 22.0 Å². The Hall–Kier alpha value is -2.56. The molecular formula is C25H34F2N2O5S. The number of aryl methyl sites for hydroxylation is 1. The summed E-state index contributed by atoms with van der Waals surface area (Å²) >= 11 is 0. The van der Waals surface area contributed by atoms with Gasteiger partial charge >= 0.3 is 6.09 Å². The van der Waals surface area contributed by atoms with E-state index in [1.807, 2.05) is 44.2 Å². The van der Waals surface area contributed by atoms with Crippen molar-refractivity contribution in [3.63, 3.8) is 0 Å². The fourth-order valence-electron chi connectivity index (χ4n) is 3.48. The van der Waals surface area contributed by atoms with Crippen LogP contribution in [0.1, 0.15) is 51.3 Å². The molecule has 2 N–H and O–H groups in total. The van der Waals surface area contributed by atoms with Gasteiger partial charge in [0.05, 0.1) is 17.5 Å². The third kappa shape index (κ3) is 9.19. The molecular weight excluding hydrogens is 478 g/mol. The molecule has 10 heteroatoms. The van der Waals surface area contributed by atoms with E-state index in [1.54, 1.807) is 32.9 Å². The van der Waals surface area contributed by atoms with Crippen LogP contribution in [0.15, 0.2) is 59.5 Å². The van der Waals surface area contributed by atoms with Gasteiger partial charge in [-0.2, -0.15) is 8.42 Å². The number of halogens is 2. The van der Waals surface area contributed by atoms with Crippen LogP contribution in [0.3, 0.4) is 0 Å². The van der Waals surface area contributed by atoms with Gasteiger partial charge in [0, 0.05) is 12.6 Å². The second-order valence-corrected chi connectivity index (χ2v) is 11.0. The van der Waals surface area contributed by atoms with Crippen LogP contribution in [-0.4, -0.2) is 54.6 Å². The zero-order chi connectivity index (χ0) is 26.4. The molecule has 1 aliphatic heterocycles. The maximum atomic E-state index is 14.5. The Balaban J connectivity index is 0.000000328. The molecule has 35 heavy (non-hydrogen) atoms. The molecule has 1 amide bonds. The second-order valence-electron chi connectivity index (χ2n) is 9.59. The van der Waals surface area contributed by atoms with Crippen molar-refractivity contribution in [2.24, 2.45) is 0 Å². The van der Waals surface area contributed by atoms with Gasteiger partial charge in [0.15, 0.2) is 0 Å². The summed E-state index contributed by atoms with van der Waals surface area (Å²) in [6.45, 7) is 8.50. The van der Waals surface area contributed by atoms with E-state index in [-0.39, 0.29) is 23.9 Å². The smallest absolute Gasteiger partial charge is 0.410 e. The summed E-state index contributed by atoms with van der Waals surface area (Å²) < 4.78 is 63.7. The van der Waals surface area contributed by atoms with Crippen LogP contribution < -0.4 is 5.32 Å². The summed E-state index contributed by atoms with van der Waals surface area (Å²) in [6.07, 6.45) is -0.500. The van der Waals surface area contributed by atoms with Crippen molar-refractivity contribution in [3.05, 3.63) is 65.7 Å². The number of ether oxygens (including phenoxy) is 1. The van der Waals surface area contributed by atoms with Gasteiger partial charge in [-0.25, -0.2) is 13.6 Å². The summed E-state index contributed by atoms with van der Waals surface area (Å²) in [7, 11) is -4.02. The summed E-state index contributed by atoms with van der Waals surface area (Å²) in [6, 6.07) is 14.3. The highest BCUT2D eigenvalue weighted by molar-refractivity contribution is 7.85. The van der Waals surface area contributed by atoms with Crippen molar-refractivity contribution in [3.8, 4) is 0 Å². The number of amides is 1. The van der Waals surface area contributed by atoms with Gasteiger partial charge in [-0.15, -0.1) is 0 Å². The van der Waals surface area contributed by atoms with Crippen molar-refractivity contribution in [1.29, 1.82) is 0 Å². The Labute approximate surface area is 206 Å². The number of hydrogen-bond acceptors (Lipinski definition) is 5. The van der Waals surface area contributed by atoms with Crippen LogP contribution >= 0.6 is 0 Å². The normalized spacial score (nSPS) is 18.7. The Morgan fingerprint density at radius 2 is 1.71 bits per heavy atom. The van der Waals surface area contributed by atoms with Crippen molar-refractivity contribution in [2.75, 3.05) is 13.1 Å². The monoisotopic (exact) mass is 512 g/mol. The minimum Gasteiger partial charge on any atom is -0.444 e. The lowest BCUT2D eigenvalue weighted by atomic mass is 9.98. The summed E-state index contributed by atoms with van der Waals surface area (Å²) in [5, 5.41) is 3.00. The zero-order valence-electron chi connectivity index (χ0n) is 20.7. The second kappa shape index (κ2) is 11.5. The van der Waals surface area contributed by atoms with E-state index < -0.39 is 40.3 Å². The molecule has 1 saturated heterocycles. The first kappa shape index (κ1) is 28.7. The molecule has 0 bridgehead atoms. The number of nitrogens with zero attached hydrogens (tertiary/aromatic N) is 1. The Kier molecular flexibility index (Phi) is 9.38. The predicted molar refractivity (Wildman–Crippen MR) is 130 cm³/mol. The van der Waals surface area contributed by atoms with Crippen molar-refractivity contribution in [2.45, 2.75) is 69.5 Å². The average Bonchev–Trinajstić information content (AvgIpc) is 2.74. The number of benzene rings is 2. The molecule has 0 radical (unpaired) electrons. The minimum absolute atomic E-state index is 0.0666. The van der Waals surface area contributed by atoms with Gasteiger partial charge in [0.1, 0.15) is 5.60 Å². The SMILES string of the molecule is C[C@@H](NC1CCN(C(=O)OC(C)(C)C)CC1(F)F)c1ccccc1.Cc1ccc(S(=O)(=O)O)cc1. The Bertz CT molecular complexity index is 1070. The topological polar surface area (TPSA) is 95.9 Å². The molecule has 0 spiro atoms. The molecule has 7 nitrogen and oxygen atoms in total. The van der Waals surface area contributed by atoms with Crippen LogP contribution in [-0.2, 0) is 14.9 Å². The molecule has 1 fully saturated rings. The fraction of sp³-hybridized carbons (Fsp3) is 0.480. The van der Waals surface area contributed by atoms with Crippen LogP contribution in [0, 0.1) is 6.92 Å². The Morgan fingerprint density at radius 3 is 2.20 bits per heavy atom. The lowest BCUT2D eigenvalue weighted by molar-refractivity contribution is -0.0934. The molecule has 2 aromatic carbocycles. The summed E-state index contributed by atoms with van der Waals surface area (Å²) in [5.41, 5.74) is 1.23. The number of carbonyl (C=O) groups excluding carboxylic acids is 1. The van der Waals surface area contributed by atoms with Crippen molar-refractivity contribution in [1.82, 2.24) is 10.2 Å². The predicted octanol–water partition coefficient (Wildman–Crippen LogP) is 5.22. The van der Waals surface area contributed by atoms with Gasteiger partial charge in [0.25, 0.3) is 16.0 Å². The fourth-order valence-corrected chi connectivity index (χ4v) is 3.96. The van der Waals surface area contributed by atoms with Crippen LogP contribution in [0.2, 0.25) is 0 Å². The van der Waals surface area contributed by atoms with E-state index in [0.29, 0.717) is 0 Å². The molecule has 0 aliphatic carbocycles. The number of rotatable bonds is 4. The third-order valence-electron chi connectivity index (χ3n) is 5.32. The molecule has 2 aromatic rings. The van der Waals surface area contributed by atoms with Crippen molar-refractivity contribution >= 4 is 16.2 Å². The van der Waals surface area contributed by atoms with Crippen LogP contribution in [0.5, 0.6) is 0 Å². The van der Waals surface area contributed by atoms with Gasteiger partial charge in [0.2, 0.25) is 0 Å². The van der Waals surface area contributed by atoms with E-state index in [4.69, 9.17) is 9.29 Å².